The van der Waals surface area contributed by atoms with Crippen molar-refractivity contribution in [1.82, 2.24) is 4.90 Å². The number of nitrogens with zero attached hydrogens (tertiary/aromatic N) is 1. The van der Waals surface area contributed by atoms with E-state index < -0.39 is 11.5 Å². The summed E-state index contributed by atoms with van der Waals surface area (Å²) in [6, 6.07) is 0. The number of carbonyl (C=O) groups is 2. The second-order valence-corrected chi connectivity index (χ2v) is 4.55. The molecule has 1 saturated heterocycles. The Morgan fingerprint density at radius 1 is 1.20 bits per heavy atom. The Morgan fingerprint density at radius 3 is 2.40 bits per heavy atom. The first-order valence-electron chi connectivity index (χ1n) is 5.71. The lowest BCUT2D eigenvalue weighted by atomic mass is 9.92. The maximum Gasteiger partial charge on any atom is 0.329 e. The Balaban J connectivity index is 2.23. The minimum absolute atomic E-state index is 0.0329. The van der Waals surface area contributed by atoms with Crippen LogP contribution in [0.2, 0.25) is 0 Å². The molecule has 0 aromatic rings. The van der Waals surface area contributed by atoms with E-state index in [4.69, 9.17) is 0 Å². The van der Waals surface area contributed by atoms with E-state index in [1.54, 1.807) is 4.90 Å². The van der Waals surface area contributed by atoms with Crippen LogP contribution < -0.4 is 0 Å². The average molecular weight is 211 g/mol. The van der Waals surface area contributed by atoms with Gasteiger partial charge in [0, 0.05) is 13.0 Å². The van der Waals surface area contributed by atoms with Gasteiger partial charge in [-0.2, -0.15) is 0 Å². The molecule has 1 aliphatic carbocycles. The molecule has 0 aromatic carbocycles. The Morgan fingerprint density at radius 2 is 1.87 bits per heavy atom. The number of likely N-dealkylation sites (tertiary alicyclic amines) is 1. The van der Waals surface area contributed by atoms with E-state index in [-0.39, 0.29) is 5.91 Å². The van der Waals surface area contributed by atoms with Crippen molar-refractivity contribution in [3.63, 3.8) is 0 Å². The molecule has 4 heteroatoms. The van der Waals surface area contributed by atoms with Crippen molar-refractivity contribution in [2.45, 2.75) is 50.5 Å². The summed E-state index contributed by atoms with van der Waals surface area (Å²) in [5.74, 6) is -0.777. The van der Waals surface area contributed by atoms with E-state index in [9.17, 15) is 14.7 Å². The zero-order valence-corrected chi connectivity index (χ0v) is 8.87. The van der Waals surface area contributed by atoms with Crippen LogP contribution in [0.4, 0.5) is 0 Å². The van der Waals surface area contributed by atoms with E-state index in [0.29, 0.717) is 25.8 Å². The molecule has 0 radical (unpaired) electrons. The maximum absolute atomic E-state index is 11.8. The van der Waals surface area contributed by atoms with Gasteiger partial charge < -0.3 is 10.0 Å². The minimum atomic E-state index is -0.864. The largest absolute Gasteiger partial charge is 0.479 e. The highest BCUT2D eigenvalue weighted by molar-refractivity contribution is 5.87. The molecule has 15 heavy (non-hydrogen) atoms. The zero-order chi connectivity index (χ0) is 10.9. The number of carbonyl (C=O) groups excluding carboxylic acids is 1. The molecule has 1 aliphatic heterocycles. The van der Waals surface area contributed by atoms with Gasteiger partial charge in [0.05, 0.1) is 0 Å². The lowest BCUT2D eigenvalue weighted by Crippen LogP contribution is -2.56. The van der Waals surface area contributed by atoms with Crippen LogP contribution in [0.15, 0.2) is 0 Å². The summed E-state index contributed by atoms with van der Waals surface area (Å²) >= 11 is 0. The molecule has 2 aliphatic rings. The summed E-state index contributed by atoms with van der Waals surface area (Å²) in [5, 5.41) is 9.34. The van der Waals surface area contributed by atoms with Crippen molar-refractivity contribution in [3.05, 3.63) is 0 Å². The molecular weight excluding hydrogens is 194 g/mol. The maximum atomic E-state index is 11.8. The van der Waals surface area contributed by atoms with Gasteiger partial charge in [-0.1, -0.05) is 12.8 Å². The molecule has 84 valence electrons. The van der Waals surface area contributed by atoms with Crippen LogP contribution >= 0.6 is 0 Å². The standard InChI is InChI=1S/C11H17NO3/c13-9-5-1-4-8-12(9)11(10(14)15)6-2-3-7-11/h1-8H2,(H,14,15). The first-order valence-corrected chi connectivity index (χ1v) is 5.71. The lowest BCUT2D eigenvalue weighted by molar-refractivity contribution is -0.160. The summed E-state index contributed by atoms with van der Waals surface area (Å²) in [4.78, 5) is 24.8. The second kappa shape index (κ2) is 3.83. The first kappa shape index (κ1) is 10.5. The van der Waals surface area contributed by atoms with Crippen LogP contribution in [0.25, 0.3) is 0 Å². The van der Waals surface area contributed by atoms with Crippen LogP contribution in [-0.4, -0.2) is 34.0 Å². The van der Waals surface area contributed by atoms with E-state index >= 15 is 0 Å². The molecular formula is C11H17NO3. The number of piperidine rings is 1. The molecule has 1 N–H and O–H groups in total. The predicted octanol–water partition coefficient (Wildman–Crippen LogP) is 1.40. The topological polar surface area (TPSA) is 57.6 Å². The highest BCUT2D eigenvalue weighted by Crippen LogP contribution is 2.37. The van der Waals surface area contributed by atoms with Gasteiger partial charge in [-0.3, -0.25) is 4.79 Å². The van der Waals surface area contributed by atoms with Crippen molar-refractivity contribution < 1.29 is 14.7 Å². The monoisotopic (exact) mass is 211 g/mol. The van der Waals surface area contributed by atoms with E-state index in [2.05, 4.69) is 0 Å². The van der Waals surface area contributed by atoms with Gasteiger partial charge in [-0.25, -0.2) is 4.79 Å². The van der Waals surface area contributed by atoms with Crippen LogP contribution in [0, 0.1) is 0 Å². The lowest BCUT2D eigenvalue weighted by Gasteiger charge is -2.40. The molecule has 0 bridgehead atoms. The highest BCUT2D eigenvalue weighted by atomic mass is 16.4. The summed E-state index contributed by atoms with van der Waals surface area (Å²) in [7, 11) is 0. The normalized spacial score (nSPS) is 25.6. The third kappa shape index (κ3) is 1.62. The van der Waals surface area contributed by atoms with Gasteiger partial charge >= 0.3 is 5.97 Å². The minimum Gasteiger partial charge on any atom is -0.479 e. The second-order valence-electron chi connectivity index (χ2n) is 4.55. The fourth-order valence-corrected chi connectivity index (χ4v) is 2.82. The third-order valence-electron chi connectivity index (χ3n) is 3.67. The number of carboxylic acid groups (broad SMARTS) is 1. The van der Waals surface area contributed by atoms with Gasteiger partial charge in [-0.05, 0) is 25.7 Å². The Hall–Kier alpha value is -1.06. The first-order chi connectivity index (χ1) is 7.17. The number of hydrogen-bond acceptors (Lipinski definition) is 2. The summed E-state index contributed by atoms with van der Waals surface area (Å²) in [6.07, 6.45) is 5.50. The fraction of sp³-hybridized carbons (Fsp3) is 0.818. The quantitative estimate of drug-likeness (QED) is 0.751. The number of hydrogen-bond donors (Lipinski definition) is 1. The molecule has 0 atom stereocenters. The number of rotatable bonds is 2. The Labute approximate surface area is 89.3 Å². The third-order valence-corrected chi connectivity index (χ3v) is 3.67. The summed E-state index contributed by atoms with van der Waals surface area (Å²) in [6.45, 7) is 0.630. The van der Waals surface area contributed by atoms with Gasteiger partial charge in [0.15, 0.2) is 0 Å². The molecule has 4 nitrogen and oxygen atoms in total. The van der Waals surface area contributed by atoms with Crippen LogP contribution in [0.1, 0.15) is 44.9 Å². The fourth-order valence-electron chi connectivity index (χ4n) is 2.82. The van der Waals surface area contributed by atoms with Gasteiger partial charge in [-0.15, -0.1) is 0 Å². The molecule has 2 fully saturated rings. The zero-order valence-electron chi connectivity index (χ0n) is 8.87. The van der Waals surface area contributed by atoms with Crippen LogP contribution in [0.3, 0.4) is 0 Å². The average Bonchev–Trinajstić information content (AvgIpc) is 2.68. The van der Waals surface area contributed by atoms with Crippen molar-refractivity contribution in [2.24, 2.45) is 0 Å². The van der Waals surface area contributed by atoms with Crippen molar-refractivity contribution in [1.29, 1.82) is 0 Å². The van der Waals surface area contributed by atoms with Gasteiger partial charge in [0.1, 0.15) is 5.54 Å². The highest BCUT2D eigenvalue weighted by Gasteiger charge is 2.48. The Kier molecular flexibility index (Phi) is 2.67. The molecule has 0 aromatic heterocycles. The van der Waals surface area contributed by atoms with Crippen LogP contribution in [-0.2, 0) is 9.59 Å². The molecule has 1 heterocycles. The Bertz CT molecular complexity index is 282. The molecule has 1 amide bonds. The summed E-state index contributed by atoms with van der Waals surface area (Å²) < 4.78 is 0. The van der Waals surface area contributed by atoms with Crippen molar-refractivity contribution >= 4 is 11.9 Å². The molecule has 0 spiro atoms. The van der Waals surface area contributed by atoms with E-state index in [0.717, 1.165) is 25.7 Å². The smallest absolute Gasteiger partial charge is 0.329 e. The molecule has 1 saturated carbocycles. The van der Waals surface area contributed by atoms with E-state index in [1.165, 1.54) is 0 Å². The molecule has 2 rings (SSSR count). The van der Waals surface area contributed by atoms with Gasteiger partial charge in [0.2, 0.25) is 5.91 Å². The van der Waals surface area contributed by atoms with E-state index in [1.807, 2.05) is 0 Å². The van der Waals surface area contributed by atoms with Gasteiger partial charge in [0.25, 0.3) is 0 Å². The number of amides is 1. The SMILES string of the molecule is O=C1CCCCN1C1(C(=O)O)CCCC1. The molecule has 0 unspecified atom stereocenters. The van der Waals surface area contributed by atoms with Crippen LogP contribution in [0.5, 0.6) is 0 Å². The number of aliphatic carboxylic acids is 1. The number of carboxylic acids is 1. The predicted molar refractivity (Wildman–Crippen MR) is 54.4 cm³/mol. The summed E-state index contributed by atoms with van der Waals surface area (Å²) in [5.41, 5.74) is -0.864. The van der Waals surface area contributed by atoms with Crippen molar-refractivity contribution in [3.8, 4) is 0 Å². The van der Waals surface area contributed by atoms with Crippen molar-refractivity contribution in [2.75, 3.05) is 6.54 Å².